The number of hydrogen-bond donors (Lipinski definition) is 6. The van der Waals surface area contributed by atoms with Gasteiger partial charge in [0.1, 0.15) is 17.2 Å². The molecule has 6 N–H and O–H groups in total. The van der Waals surface area contributed by atoms with E-state index in [-0.39, 0.29) is 24.0 Å². The third kappa shape index (κ3) is 7.51. The fourth-order valence-corrected chi connectivity index (χ4v) is 4.66. The van der Waals surface area contributed by atoms with Gasteiger partial charge in [-0.3, -0.25) is 4.72 Å². The van der Waals surface area contributed by atoms with Crippen molar-refractivity contribution >= 4 is 15.7 Å². The molecule has 1 atom stereocenters. The quantitative estimate of drug-likeness (QED) is 0.222. The lowest BCUT2D eigenvalue weighted by Crippen LogP contribution is -2.30. The van der Waals surface area contributed by atoms with Crippen molar-refractivity contribution in [3.63, 3.8) is 0 Å². The second kappa shape index (κ2) is 11.1. The molecule has 0 fully saturated rings. The van der Waals surface area contributed by atoms with Crippen LogP contribution in [0.5, 0.6) is 17.2 Å². The van der Waals surface area contributed by atoms with Gasteiger partial charge in [-0.25, -0.2) is 8.42 Å². The number of aliphatic hydroxyl groups is 1. The maximum atomic E-state index is 12.6. The van der Waals surface area contributed by atoms with E-state index in [0.29, 0.717) is 5.56 Å². The van der Waals surface area contributed by atoms with E-state index in [1.54, 1.807) is 29.0 Å². The molecule has 0 aliphatic carbocycles. The molecule has 0 spiro atoms. The van der Waals surface area contributed by atoms with Crippen LogP contribution >= 0.6 is 0 Å². The van der Waals surface area contributed by atoms with E-state index in [4.69, 9.17) is 0 Å². The van der Waals surface area contributed by atoms with Crippen LogP contribution in [0.25, 0.3) is 0 Å². The van der Waals surface area contributed by atoms with Crippen LogP contribution in [-0.2, 0) is 10.0 Å². The SMILES string of the molecule is O=S(=O)(CC(F)(F)F)Nc1cc([C@H](CO)NCC(c2ccc(O)cc2)c2ccc(O)cc2)ccc1O. The molecule has 0 aliphatic heterocycles. The van der Waals surface area contributed by atoms with Gasteiger partial charge < -0.3 is 25.7 Å². The Kier molecular flexibility index (Phi) is 8.33. The Balaban J connectivity index is 1.84. The highest BCUT2D eigenvalue weighted by atomic mass is 32.2. The maximum Gasteiger partial charge on any atom is 0.404 e. The number of phenols is 3. The van der Waals surface area contributed by atoms with Crippen molar-refractivity contribution in [3.8, 4) is 17.2 Å². The standard InChI is InChI=1S/C24H25F3N2O6S/c25-24(26,27)14-36(34,35)29-21-11-17(5-10-23(21)33)22(13-30)28-12-20(15-1-6-18(31)7-2-15)16-3-8-19(32)9-4-16/h1-11,20,22,28-33H,12-14H2/t22-/m0/s1. The van der Waals surface area contributed by atoms with Crippen molar-refractivity contribution in [1.29, 1.82) is 0 Å². The molecule has 0 heterocycles. The zero-order valence-electron chi connectivity index (χ0n) is 18.8. The lowest BCUT2D eigenvalue weighted by atomic mass is 9.90. The average Bonchev–Trinajstić information content (AvgIpc) is 2.78. The fourth-order valence-electron chi connectivity index (χ4n) is 3.66. The van der Waals surface area contributed by atoms with Crippen LogP contribution in [0.1, 0.15) is 28.7 Å². The van der Waals surface area contributed by atoms with Gasteiger partial charge >= 0.3 is 6.18 Å². The molecular formula is C24H25F3N2O6S. The Hall–Kier alpha value is -3.48. The third-order valence-electron chi connectivity index (χ3n) is 5.38. The maximum absolute atomic E-state index is 12.6. The predicted octanol–water partition coefficient (Wildman–Crippen LogP) is 3.56. The van der Waals surface area contributed by atoms with Gasteiger partial charge in [0, 0.05) is 12.5 Å². The molecule has 0 amide bonds. The van der Waals surface area contributed by atoms with Crippen molar-refractivity contribution in [2.75, 3.05) is 23.6 Å². The summed E-state index contributed by atoms with van der Waals surface area (Å²) in [5.74, 6) is -2.83. The number of rotatable bonds is 10. The van der Waals surface area contributed by atoms with E-state index < -0.39 is 46.0 Å². The number of halogens is 3. The van der Waals surface area contributed by atoms with Gasteiger partial charge in [0.15, 0.2) is 5.75 Å². The molecule has 0 aliphatic rings. The molecular weight excluding hydrogens is 501 g/mol. The molecule has 0 saturated heterocycles. The highest BCUT2D eigenvalue weighted by Crippen LogP contribution is 2.31. The molecule has 0 aromatic heterocycles. The summed E-state index contributed by atoms with van der Waals surface area (Å²) in [4.78, 5) is 0. The van der Waals surface area contributed by atoms with Crippen molar-refractivity contribution in [2.45, 2.75) is 18.1 Å². The van der Waals surface area contributed by atoms with Crippen LogP contribution in [0, 0.1) is 0 Å². The van der Waals surface area contributed by atoms with Crippen LogP contribution < -0.4 is 10.0 Å². The van der Waals surface area contributed by atoms with Crippen LogP contribution in [0.4, 0.5) is 18.9 Å². The number of nitrogens with one attached hydrogen (secondary N) is 2. The summed E-state index contributed by atoms with van der Waals surface area (Å²) in [6.07, 6.45) is -4.97. The number of anilines is 1. The number of alkyl halides is 3. The van der Waals surface area contributed by atoms with E-state index in [0.717, 1.165) is 23.3 Å². The normalized spacial score (nSPS) is 13.0. The number of hydrogen-bond acceptors (Lipinski definition) is 7. The van der Waals surface area contributed by atoms with Gasteiger partial charge in [-0.2, -0.15) is 13.2 Å². The lowest BCUT2D eigenvalue weighted by Gasteiger charge is -2.24. The highest BCUT2D eigenvalue weighted by Gasteiger charge is 2.35. The summed E-state index contributed by atoms with van der Waals surface area (Å²) < 4.78 is 63.1. The zero-order valence-corrected chi connectivity index (χ0v) is 19.6. The Labute approximate surface area is 205 Å². The van der Waals surface area contributed by atoms with Gasteiger partial charge in [0.05, 0.1) is 18.3 Å². The van der Waals surface area contributed by atoms with E-state index in [2.05, 4.69) is 5.32 Å². The van der Waals surface area contributed by atoms with E-state index >= 15 is 0 Å². The predicted molar refractivity (Wildman–Crippen MR) is 127 cm³/mol. The van der Waals surface area contributed by atoms with Crippen molar-refractivity contribution in [2.24, 2.45) is 0 Å². The monoisotopic (exact) mass is 526 g/mol. The first-order chi connectivity index (χ1) is 16.9. The molecule has 0 unspecified atom stereocenters. The van der Waals surface area contributed by atoms with Crippen molar-refractivity contribution < 1.29 is 42.0 Å². The third-order valence-corrected chi connectivity index (χ3v) is 6.62. The molecule has 194 valence electrons. The van der Waals surface area contributed by atoms with E-state index in [1.165, 1.54) is 30.3 Å². The summed E-state index contributed by atoms with van der Waals surface area (Å²) >= 11 is 0. The molecule has 8 nitrogen and oxygen atoms in total. The Morgan fingerprint density at radius 3 is 1.78 bits per heavy atom. The Bertz CT molecular complexity index is 1220. The van der Waals surface area contributed by atoms with Gasteiger partial charge in [0.25, 0.3) is 0 Å². The molecule has 0 radical (unpaired) electrons. The summed E-state index contributed by atoms with van der Waals surface area (Å²) in [5.41, 5.74) is 1.49. The van der Waals surface area contributed by atoms with Crippen LogP contribution in [0.3, 0.4) is 0 Å². The average molecular weight is 527 g/mol. The number of sulfonamides is 1. The largest absolute Gasteiger partial charge is 0.508 e. The van der Waals surface area contributed by atoms with Crippen LogP contribution in [0.2, 0.25) is 0 Å². The molecule has 3 aromatic rings. The Morgan fingerprint density at radius 1 is 0.806 bits per heavy atom. The summed E-state index contributed by atoms with van der Waals surface area (Å²) in [6.45, 7) is -0.200. The number of aromatic hydroxyl groups is 3. The first-order valence-corrected chi connectivity index (χ1v) is 12.3. The number of phenolic OH excluding ortho intramolecular Hbond substituents is 3. The lowest BCUT2D eigenvalue weighted by molar-refractivity contribution is -0.106. The first-order valence-electron chi connectivity index (χ1n) is 10.7. The minimum Gasteiger partial charge on any atom is -0.508 e. The molecule has 12 heteroatoms. The topological polar surface area (TPSA) is 139 Å². The molecule has 3 rings (SSSR count). The van der Waals surface area contributed by atoms with Crippen LogP contribution in [-0.4, -0.2) is 53.9 Å². The Morgan fingerprint density at radius 2 is 1.31 bits per heavy atom. The molecule has 36 heavy (non-hydrogen) atoms. The van der Waals surface area contributed by atoms with E-state index in [1.807, 2.05) is 0 Å². The van der Waals surface area contributed by atoms with Gasteiger partial charge in [-0.05, 0) is 53.1 Å². The first kappa shape index (κ1) is 27.1. The number of benzene rings is 3. The highest BCUT2D eigenvalue weighted by molar-refractivity contribution is 7.92. The molecule has 0 saturated carbocycles. The summed E-state index contributed by atoms with van der Waals surface area (Å²) in [5, 5.41) is 42.4. The van der Waals surface area contributed by atoms with Crippen molar-refractivity contribution in [1.82, 2.24) is 5.32 Å². The second-order valence-electron chi connectivity index (χ2n) is 8.13. The number of aliphatic hydroxyl groups excluding tert-OH is 1. The fraction of sp³-hybridized carbons (Fsp3) is 0.250. The van der Waals surface area contributed by atoms with Gasteiger partial charge in [0.2, 0.25) is 10.0 Å². The second-order valence-corrected chi connectivity index (χ2v) is 9.85. The van der Waals surface area contributed by atoms with Crippen LogP contribution in [0.15, 0.2) is 66.7 Å². The molecule has 0 bridgehead atoms. The van der Waals surface area contributed by atoms with E-state index in [9.17, 15) is 42.0 Å². The summed E-state index contributed by atoms with van der Waals surface area (Å²) in [7, 11) is -4.83. The van der Waals surface area contributed by atoms with Gasteiger partial charge in [-0.15, -0.1) is 0 Å². The van der Waals surface area contributed by atoms with Gasteiger partial charge in [-0.1, -0.05) is 30.3 Å². The van der Waals surface area contributed by atoms with Crippen molar-refractivity contribution in [3.05, 3.63) is 83.4 Å². The minimum atomic E-state index is -4.97. The molecule has 3 aromatic carbocycles. The smallest absolute Gasteiger partial charge is 0.404 e. The minimum absolute atomic E-state index is 0.0778. The summed E-state index contributed by atoms with van der Waals surface area (Å²) in [6, 6.07) is 15.8. The zero-order chi connectivity index (χ0) is 26.5.